The van der Waals surface area contributed by atoms with Crippen LogP contribution < -0.4 is 10.6 Å². The molecule has 0 atom stereocenters. The molecule has 2 amide bonds. The van der Waals surface area contributed by atoms with E-state index in [9.17, 15) is 14.0 Å². The molecule has 0 unspecified atom stereocenters. The molecule has 0 saturated carbocycles. The summed E-state index contributed by atoms with van der Waals surface area (Å²) in [7, 11) is 0. The number of amides is 2. The van der Waals surface area contributed by atoms with Gasteiger partial charge in [-0.25, -0.2) is 9.37 Å². The third-order valence-electron chi connectivity index (χ3n) is 4.40. The van der Waals surface area contributed by atoms with Gasteiger partial charge in [0.2, 0.25) is 0 Å². The van der Waals surface area contributed by atoms with Crippen molar-refractivity contribution in [2.24, 2.45) is 0 Å². The van der Waals surface area contributed by atoms with Crippen LogP contribution in [0.25, 0.3) is 10.6 Å². The lowest BCUT2D eigenvalue weighted by Crippen LogP contribution is -2.14. The summed E-state index contributed by atoms with van der Waals surface area (Å²) in [4.78, 5) is 33.9. The van der Waals surface area contributed by atoms with Gasteiger partial charge in [0.25, 0.3) is 11.8 Å². The van der Waals surface area contributed by atoms with Crippen LogP contribution in [-0.4, -0.2) is 21.8 Å². The number of aryl methyl sites for hydroxylation is 1. The fourth-order valence-electron chi connectivity index (χ4n) is 2.89. The molecule has 4 aromatic rings. The van der Waals surface area contributed by atoms with E-state index in [-0.39, 0.29) is 17.6 Å². The molecule has 4 rings (SSSR count). The van der Waals surface area contributed by atoms with E-state index < -0.39 is 0 Å². The zero-order valence-electron chi connectivity index (χ0n) is 16.4. The average Bonchev–Trinajstić information content (AvgIpc) is 3.17. The van der Waals surface area contributed by atoms with Gasteiger partial charge in [-0.05, 0) is 61.5 Å². The van der Waals surface area contributed by atoms with Gasteiger partial charge in [0, 0.05) is 29.3 Å². The van der Waals surface area contributed by atoms with E-state index >= 15 is 0 Å². The number of nitrogens with zero attached hydrogens (tertiary/aromatic N) is 2. The summed E-state index contributed by atoms with van der Waals surface area (Å²) in [6.45, 7) is 1.75. The molecule has 2 N–H and O–H groups in total. The summed E-state index contributed by atoms with van der Waals surface area (Å²) < 4.78 is 13.2. The van der Waals surface area contributed by atoms with Crippen molar-refractivity contribution in [2.75, 3.05) is 10.6 Å². The van der Waals surface area contributed by atoms with Gasteiger partial charge in [-0.2, -0.15) is 0 Å². The molecule has 0 spiro atoms. The summed E-state index contributed by atoms with van der Waals surface area (Å²) in [6.07, 6.45) is 3.07. The van der Waals surface area contributed by atoms with Crippen molar-refractivity contribution in [3.05, 3.63) is 95.0 Å². The number of hydrogen-bond donors (Lipinski definition) is 2. The third kappa shape index (κ3) is 4.81. The maximum atomic E-state index is 13.2. The van der Waals surface area contributed by atoms with Crippen LogP contribution in [0.3, 0.4) is 0 Å². The van der Waals surface area contributed by atoms with E-state index in [1.807, 2.05) is 0 Å². The van der Waals surface area contributed by atoms with Gasteiger partial charge in [0.05, 0.1) is 11.3 Å². The maximum Gasteiger partial charge on any atom is 0.267 e. The van der Waals surface area contributed by atoms with E-state index in [4.69, 9.17) is 0 Å². The molecular formula is C23H17FN4O2S. The predicted octanol–water partition coefficient (Wildman–Crippen LogP) is 5.16. The first-order valence-electron chi connectivity index (χ1n) is 9.36. The van der Waals surface area contributed by atoms with Gasteiger partial charge in [0.1, 0.15) is 15.7 Å². The van der Waals surface area contributed by atoms with Crippen LogP contribution in [0.4, 0.5) is 15.8 Å². The minimum absolute atomic E-state index is 0.293. The molecule has 0 saturated heterocycles. The number of anilines is 2. The van der Waals surface area contributed by atoms with Crippen LogP contribution in [0.5, 0.6) is 0 Å². The number of benzene rings is 2. The highest BCUT2D eigenvalue weighted by molar-refractivity contribution is 7.17. The first-order chi connectivity index (χ1) is 15.0. The van der Waals surface area contributed by atoms with Crippen LogP contribution >= 0.6 is 11.3 Å². The number of nitrogens with one attached hydrogen (secondary N) is 2. The second kappa shape index (κ2) is 8.85. The Morgan fingerprint density at radius 2 is 1.65 bits per heavy atom. The van der Waals surface area contributed by atoms with Gasteiger partial charge in [-0.1, -0.05) is 6.07 Å². The second-order valence-corrected chi connectivity index (χ2v) is 7.67. The summed E-state index contributed by atoms with van der Waals surface area (Å²) in [5, 5.41) is 6.26. The number of carbonyl (C=O) groups is 2. The summed E-state index contributed by atoms with van der Waals surface area (Å²) >= 11 is 1.24. The lowest BCUT2D eigenvalue weighted by molar-refractivity contribution is 0.102. The van der Waals surface area contributed by atoms with Crippen LogP contribution in [0.2, 0.25) is 0 Å². The van der Waals surface area contributed by atoms with Gasteiger partial charge < -0.3 is 10.6 Å². The molecule has 8 heteroatoms. The van der Waals surface area contributed by atoms with E-state index in [1.54, 1.807) is 61.7 Å². The van der Waals surface area contributed by atoms with Crippen molar-refractivity contribution < 1.29 is 14.0 Å². The highest BCUT2D eigenvalue weighted by atomic mass is 32.1. The van der Waals surface area contributed by atoms with Crippen molar-refractivity contribution in [3.63, 3.8) is 0 Å². The Morgan fingerprint density at radius 1 is 0.935 bits per heavy atom. The van der Waals surface area contributed by atoms with Gasteiger partial charge in [-0.3, -0.25) is 14.6 Å². The number of aromatic nitrogens is 2. The Bertz CT molecular complexity index is 1240. The average molecular weight is 432 g/mol. The van der Waals surface area contributed by atoms with Gasteiger partial charge in [-0.15, -0.1) is 11.3 Å². The Hall–Kier alpha value is -3.91. The number of thiazole rings is 1. The maximum absolute atomic E-state index is 13.2. The first kappa shape index (κ1) is 20.4. The van der Waals surface area contributed by atoms with Crippen molar-refractivity contribution in [3.8, 4) is 10.6 Å². The number of carbonyl (C=O) groups excluding carboxylic acids is 2. The Morgan fingerprint density at radius 3 is 2.32 bits per heavy atom. The zero-order chi connectivity index (χ0) is 21.8. The molecule has 2 heterocycles. The molecule has 0 aliphatic carbocycles. The van der Waals surface area contributed by atoms with Gasteiger partial charge >= 0.3 is 0 Å². The highest BCUT2D eigenvalue weighted by Gasteiger charge is 2.17. The smallest absolute Gasteiger partial charge is 0.267 e. The van der Waals surface area contributed by atoms with E-state index in [0.29, 0.717) is 32.5 Å². The highest BCUT2D eigenvalue weighted by Crippen LogP contribution is 2.29. The fourth-order valence-corrected chi connectivity index (χ4v) is 3.85. The van der Waals surface area contributed by atoms with Crippen molar-refractivity contribution in [1.29, 1.82) is 0 Å². The van der Waals surface area contributed by atoms with E-state index in [0.717, 1.165) is 5.56 Å². The number of pyridine rings is 1. The van der Waals surface area contributed by atoms with Crippen LogP contribution in [0, 0.1) is 12.7 Å². The molecule has 0 bridgehead atoms. The van der Waals surface area contributed by atoms with Crippen LogP contribution in [-0.2, 0) is 0 Å². The lowest BCUT2D eigenvalue weighted by Gasteiger charge is -2.08. The predicted molar refractivity (Wildman–Crippen MR) is 119 cm³/mol. The molecule has 0 radical (unpaired) electrons. The molecule has 31 heavy (non-hydrogen) atoms. The second-order valence-electron chi connectivity index (χ2n) is 6.67. The van der Waals surface area contributed by atoms with Crippen molar-refractivity contribution in [1.82, 2.24) is 9.97 Å². The normalized spacial score (nSPS) is 10.5. The van der Waals surface area contributed by atoms with Crippen LogP contribution in [0.1, 0.15) is 25.7 Å². The number of halogens is 1. The molecule has 154 valence electrons. The minimum Gasteiger partial charge on any atom is -0.322 e. The molecule has 2 aromatic heterocycles. The number of rotatable bonds is 5. The van der Waals surface area contributed by atoms with Gasteiger partial charge in [0.15, 0.2) is 0 Å². The number of hydrogen-bond acceptors (Lipinski definition) is 5. The summed E-state index contributed by atoms with van der Waals surface area (Å²) in [5.74, 6) is -0.927. The monoisotopic (exact) mass is 432 g/mol. The van der Waals surface area contributed by atoms with Crippen molar-refractivity contribution >= 4 is 34.5 Å². The quantitative estimate of drug-likeness (QED) is 0.456. The topological polar surface area (TPSA) is 84.0 Å². The summed E-state index contributed by atoms with van der Waals surface area (Å²) in [5.41, 5.74) is 2.84. The SMILES string of the molecule is Cc1nc(-c2ccc(F)cc2)sc1C(=O)Nc1cccc(NC(=O)c2cccnc2)c1. The molecule has 6 nitrogen and oxygen atoms in total. The third-order valence-corrected chi connectivity index (χ3v) is 5.60. The van der Waals surface area contributed by atoms with Crippen LogP contribution in [0.15, 0.2) is 73.1 Å². The lowest BCUT2D eigenvalue weighted by atomic mass is 10.2. The molecule has 0 fully saturated rings. The zero-order valence-corrected chi connectivity index (χ0v) is 17.2. The molecular weight excluding hydrogens is 415 g/mol. The van der Waals surface area contributed by atoms with Crippen molar-refractivity contribution in [2.45, 2.75) is 6.92 Å². The molecule has 0 aliphatic heterocycles. The Labute approximate surface area is 181 Å². The van der Waals surface area contributed by atoms with E-state index in [1.165, 1.54) is 29.7 Å². The Balaban J connectivity index is 1.48. The summed E-state index contributed by atoms with van der Waals surface area (Å²) in [6, 6.07) is 16.2. The Kier molecular flexibility index (Phi) is 5.81. The minimum atomic E-state index is -0.328. The molecule has 2 aromatic carbocycles. The standard InChI is InChI=1S/C23H17FN4O2S/c1-14-20(31-23(26-14)15-7-9-17(24)10-8-15)22(30)28-19-6-2-5-18(12-19)27-21(29)16-4-3-11-25-13-16/h2-13H,1H3,(H,27,29)(H,28,30). The fraction of sp³-hybridized carbons (Fsp3) is 0.0435. The van der Waals surface area contributed by atoms with E-state index in [2.05, 4.69) is 20.6 Å². The largest absolute Gasteiger partial charge is 0.322 e. The first-order valence-corrected chi connectivity index (χ1v) is 10.2. The molecule has 0 aliphatic rings.